The highest BCUT2D eigenvalue weighted by Gasteiger charge is 2.16. The summed E-state index contributed by atoms with van der Waals surface area (Å²) < 4.78 is 23.3. The number of tetrazole rings is 1. The molecule has 1 unspecified atom stereocenters. The lowest BCUT2D eigenvalue weighted by Gasteiger charge is -2.17. The Balaban J connectivity index is 2.29. The minimum Gasteiger partial charge on any atom is -0.310 e. The molecule has 2 aromatic rings. The second-order valence-electron chi connectivity index (χ2n) is 4.85. The molecule has 0 fully saturated rings. The molecule has 0 bridgehead atoms. The zero-order valence-electron chi connectivity index (χ0n) is 12.3. The molecule has 7 nitrogen and oxygen atoms in total. The smallest absolute Gasteiger partial charge is 0.176 e. The van der Waals surface area contributed by atoms with E-state index in [9.17, 15) is 8.42 Å². The van der Waals surface area contributed by atoms with Gasteiger partial charge in [-0.15, -0.1) is 10.2 Å². The van der Waals surface area contributed by atoms with Crippen molar-refractivity contribution < 1.29 is 8.42 Å². The summed E-state index contributed by atoms with van der Waals surface area (Å²) in [6.45, 7) is 2.76. The van der Waals surface area contributed by atoms with Crippen molar-refractivity contribution in [2.45, 2.75) is 24.3 Å². The Kier molecular flexibility index (Phi) is 4.69. The third-order valence-electron chi connectivity index (χ3n) is 3.08. The number of rotatable bonds is 6. The molecule has 0 saturated heterocycles. The maximum atomic E-state index is 11.7. The molecule has 0 radical (unpaired) electrons. The van der Waals surface area contributed by atoms with Gasteiger partial charge in [0.1, 0.15) is 0 Å². The largest absolute Gasteiger partial charge is 0.310 e. The molecule has 1 atom stereocenters. The van der Waals surface area contributed by atoms with Crippen molar-refractivity contribution in [2.75, 3.05) is 12.8 Å². The zero-order chi connectivity index (χ0) is 15.5. The first kappa shape index (κ1) is 15.6. The second-order valence-corrected chi connectivity index (χ2v) is 6.87. The lowest BCUT2D eigenvalue weighted by atomic mass is 10.0. The monoisotopic (exact) mass is 309 g/mol. The fraction of sp³-hybridized carbons (Fsp3) is 0.462. The van der Waals surface area contributed by atoms with E-state index in [0.717, 1.165) is 12.1 Å². The van der Waals surface area contributed by atoms with Crippen LogP contribution in [0.3, 0.4) is 0 Å². The molecular weight excluding hydrogens is 290 g/mol. The van der Waals surface area contributed by atoms with Crippen LogP contribution < -0.4 is 5.32 Å². The number of likely N-dealkylation sites (N-methyl/N-ethyl adjacent to an activating group) is 1. The van der Waals surface area contributed by atoms with Crippen LogP contribution in [0, 0.1) is 0 Å². The molecule has 114 valence electrons. The molecule has 8 heteroatoms. The van der Waals surface area contributed by atoms with Gasteiger partial charge in [-0.05, 0) is 29.5 Å². The fourth-order valence-corrected chi connectivity index (χ4v) is 2.78. The van der Waals surface area contributed by atoms with E-state index < -0.39 is 9.84 Å². The SMILES string of the molecule is CCNC(Cc1nnn(C)n1)c1cccc(S(C)(=O)=O)c1. The van der Waals surface area contributed by atoms with Crippen LogP contribution in [0.25, 0.3) is 0 Å². The predicted molar refractivity (Wildman–Crippen MR) is 78.5 cm³/mol. The normalized spacial score (nSPS) is 13.3. The molecule has 0 spiro atoms. The van der Waals surface area contributed by atoms with Crippen molar-refractivity contribution in [1.82, 2.24) is 25.5 Å². The van der Waals surface area contributed by atoms with E-state index in [1.807, 2.05) is 13.0 Å². The summed E-state index contributed by atoms with van der Waals surface area (Å²) in [6.07, 6.45) is 1.76. The Hall–Kier alpha value is -1.80. The first-order valence-electron chi connectivity index (χ1n) is 6.66. The molecule has 0 amide bonds. The van der Waals surface area contributed by atoms with Crippen molar-refractivity contribution in [3.63, 3.8) is 0 Å². The van der Waals surface area contributed by atoms with Gasteiger partial charge in [0.15, 0.2) is 15.7 Å². The van der Waals surface area contributed by atoms with Crippen molar-refractivity contribution in [3.05, 3.63) is 35.7 Å². The molecule has 21 heavy (non-hydrogen) atoms. The Morgan fingerprint density at radius 3 is 2.71 bits per heavy atom. The third kappa shape index (κ3) is 4.08. The van der Waals surface area contributed by atoms with Gasteiger partial charge in [-0.3, -0.25) is 0 Å². The van der Waals surface area contributed by atoms with Gasteiger partial charge >= 0.3 is 0 Å². The molecule has 1 aromatic heterocycles. The standard InChI is InChI=1S/C13H19N5O2S/c1-4-14-12(9-13-15-17-18(2)16-13)10-6-5-7-11(8-10)21(3,19)20/h5-8,12,14H,4,9H2,1-3H3. The average molecular weight is 309 g/mol. The molecule has 0 aliphatic rings. The first-order valence-corrected chi connectivity index (χ1v) is 8.55. The molecule has 1 heterocycles. The molecule has 0 saturated carbocycles. The van der Waals surface area contributed by atoms with Crippen LogP contribution in [-0.4, -0.2) is 41.4 Å². The highest BCUT2D eigenvalue weighted by Crippen LogP contribution is 2.20. The number of hydrogen-bond donors (Lipinski definition) is 1. The molecule has 1 aromatic carbocycles. The van der Waals surface area contributed by atoms with Crippen molar-refractivity contribution in [1.29, 1.82) is 0 Å². The predicted octanol–water partition coefficient (Wildman–Crippen LogP) is 0.507. The van der Waals surface area contributed by atoms with Crippen LogP contribution in [-0.2, 0) is 23.3 Å². The summed E-state index contributed by atoms with van der Waals surface area (Å²) in [5.41, 5.74) is 0.896. The minimum absolute atomic E-state index is 0.0547. The molecule has 2 rings (SSSR count). The summed E-state index contributed by atoms with van der Waals surface area (Å²) in [7, 11) is -1.51. The fourth-order valence-electron chi connectivity index (χ4n) is 2.10. The maximum absolute atomic E-state index is 11.7. The van der Waals surface area contributed by atoms with Crippen LogP contribution in [0.5, 0.6) is 0 Å². The van der Waals surface area contributed by atoms with Crippen LogP contribution in [0.1, 0.15) is 24.4 Å². The Morgan fingerprint density at radius 1 is 1.38 bits per heavy atom. The van der Waals surface area contributed by atoms with E-state index >= 15 is 0 Å². The number of hydrogen-bond acceptors (Lipinski definition) is 6. The summed E-state index contributed by atoms with van der Waals surface area (Å²) in [5, 5.41) is 15.3. The van der Waals surface area contributed by atoms with Crippen LogP contribution >= 0.6 is 0 Å². The number of aryl methyl sites for hydroxylation is 1. The second kappa shape index (κ2) is 6.31. The van der Waals surface area contributed by atoms with Gasteiger partial charge < -0.3 is 5.32 Å². The Labute approximate surface area is 124 Å². The highest BCUT2D eigenvalue weighted by molar-refractivity contribution is 7.90. The third-order valence-corrected chi connectivity index (χ3v) is 4.19. The van der Waals surface area contributed by atoms with Gasteiger partial charge in [-0.1, -0.05) is 19.1 Å². The minimum atomic E-state index is -3.22. The number of sulfone groups is 1. The number of benzene rings is 1. The highest BCUT2D eigenvalue weighted by atomic mass is 32.2. The maximum Gasteiger partial charge on any atom is 0.176 e. The van der Waals surface area contributed by atoms with Crippen molar-refractivity contribution in [3.8, 4) is 0 Å². The average Bonchev–Trinajstić information content (AvgIpc) is 2.83. The Bertz CT molecular complexity index is 711. The molecule has 0 aliphatic heterocycles. The van der Waals surface area contributed by atoms with Crippen LogP contribution in [0.2, 0.25) is 0 Å². The number of aromatic nitrogens is 4. The molecular formula is C13H19N5O2S. The summed E-state index contributed by atoms with van der Waals surface area (Å²) in [4.78, 5) is 1.72. The lowest BCUT2D eigenvalue weighted by Crippen LogP contribution is -2.23. The van der Waals surface area contributed by atoms with E-state index in [1.54, 1.807) is 25.2 Å². The Morgan fingerprint density at radius 2 is 2.14 bits per heavy atom. The number of nitrogens with zero attached hydrogens (tertiary/aromatic N) is 4. The van der Waals surface area contributed by atoms with E-state index in [1.165, 1.54) is 11.1 Å². The van der Waals surface area contributed by atoms with E-state index in [4.69, 9.17) is 0 Å². The summed E-state index contributed by atoms with van der Waals surface area (Å²) >= 11 is 0. The van der Waals surface area contributed by atoms with Gasteiger partial charge in [0.25, 0.3) is 0 Å². The van der Waals surface area contributed by atoms with Crippen molar-refractivity contribution >= 4 is 9.84 Å². The van der Waals surface area contributed by atoms with Gasteiger partial charge in [0.2, 0.25) is 0 Å². The van der Waals surface area contributed by atoms with E-state index in [2.05, 4.69) is 20.7 Å². The molecule has 1 N–H and O–H groups in total. The topological polar surface area (TPSA) is 89.8 Å². The zero-order valence-corrected chi connectivity index (χ0v) is 13.1. The lowest BCUT2D eigenvalue weighted by molar-refractivity contribution is 0.533. The van der Waals surface area contributed by atoms with E-state index in [-0.39, 0.29) is 6.04 Å². The first-order chi connectivity index (χ1) is 9.90. The summed E-state index contributed by atoms with van der Waals surface area (Å²) in [5.74, 6) is 0.619. The molecule has 0 aliphatic carbocycles. The van der Waals surface area contributed by atoms with Crippen molar-refractivity contribution in [2.24, 2.45) is 7.05 Å². The van der Waals surface area contributed by atoms with Gasteiger partial charge in [0, 0.05) is 18.7 Å². The van der Waals surface area contributed by atoms with Gasteiger partial charge in [-0.2, -0.15) is 4.80 Å². The van der Waals surface area contributed by atoms with Gasteiger partial charge in [0.05, 0.1) is 11.9 Å². The van der Waals surface area contributed by atoms with Gasteiger partial charge in [-0.25, -0.2) is 8.42 Å². The summed E-state index contributed by atoms with van der Waals surface area (Å²) in [6, 6.07) is 6.89. The van der Waals surface area contributed by atoms with Crippen LogP contribution in [0.4, 0.5) is 0 Å². The number of nitrogens with one attached hydrogen (secondary N) is 1. The van der Waals surface area contributed by atoms with E-state index in [0.29, 0.717) is 17.1 Å². The quantitative estimate of drug-likeness (QED) is 0.836. The van der Waals surface area contributed by atoms with Crippen LogP contribution in [0.15, 0.2) is 29.2 Å².